The standard InChI is InChI=1S/C39H46N4O3/c1-26(2)28-11-13-31(14-12-28)39(17-20-41(21-18-39)37(44)29-7-6-8-30(23-29)38(45)46)19-22-42-32-15-16-33(42)25-34(24-32)43-27(3)40-35-9-4-5-10-36(35)43/h4-14,23,26,32-34H,15-22,24-25H2,1-3H3,(H,45,46). The molecule has 7 nitrogen and oxygen atoms in total. The predicted molar refractivity (Wildman–Crippen MR) is 182 cm³/mol. The summed E-state index contributed by atoms with van der Waals surface area (Å²) in [6.07, 6.45) is 7.77. The zero-order valence-corrected chi connectivity index (χ0v) is 27.4. The van der Waals surface area contributed by atoms with Gasteiger partial charge in [-0.15, -0.1) is 0 Å². The van der Waals surface area contributed by atoms with Gasteiger partial charge in [0, 0.05) is 36.8 Å². The third kappa shape index (κ3) is 5.63. The highest BCUT2D eigenvalue weighted by atomic mass is 16.4. The van der Waals surface area contributed by atoms with Crippen LogP contribution in [-0.4, -0.2) is 68.1 Å². The molecule has 0 saturated carbocycles. The number of rotatable bonds is 8. The summed E-state index contributed by atoms with van der Waals surface area (Å²) in [5.74, 6) is 0.524. The van der Waals surface area contributed by atoms with E-state index in [2.05, 4.69) is 78.8 Å². The first-order valence-corrected chi connectivity index (χ1v) is 17.1. The Morgan fingerprint density at radius 1 is 0.891 bits per heavy atom. The summed E-state index contributed by atoms with van der Waals surface area (Å²) in [7, 11) is 0. The van der Waals surface area contributed by atoms with Gasteiger partial charge >= 0.3 is 5.97 Å². The highest BCUT2D eigenvalue weighted by molar-refractivity contribution is 5.97. The van der Waals surface area contributed by atoms with Crippen LogP contribution in [0.2, 0.25) is 0 Å². The number of carbonyl (C=O) groups is 2. The number of hydrogen-bond donors (Lipinski definition) is 1. The monoisotopic (exact) mass is 618 g/mol. The van der Waals surface area contributed by atoms with Crippen LogP contribution in [0.1, 0.15) is 108 Å². The molecule has 4 heterocycles. The summed E-state index contributed by atoms with van der Waals surface area (Å²) >= 11 is 0. The van der Waals surface area contributed by atoms with Crippen molar-refractivity contribution in [1.29, 1.82) is 0 Å². The van der Waals surface area contributed by atoms with Crippen molar-refractivity contribution >= 4 is 22.9 Å². The minimum absolute atomic E-state index is 0.00261. The number of imidazole rings is 1. The lowest BCUT2D eigenvalue weighted by Crippen LogP contribution is -2.49. The number of carboxylic acid groups (broad SMARTS) is 1. The van der Waals surface area contributed by atoms with Crippen molar-refractivity contribution in [1.82, 2.24) is 19.4 Å². The molecule has 240 valence electrons. The van der Waals surface area contributed by atoms with Crippen LogP contribution in [-0.2, 0) is 5.41 Å². The summed E-state index contributed by atoms with van der Waals surface area (Å²) < 4.78 is 2.51. The van der Waals surface area contributed by atoms with Crippen molar-refractivity contribution in [2.75, 3.05) is 19.6 Å². The first kappa shape index (κ1) is 30.7. The fraction of sp³-hybridized carbons (Fsp3) is 0.462. The average Bonchev–Trinajstić information content (AvgIpc) is 3.53. The second-order valence-corrected chi connectivity index (χ2v) is 14.3. The van der Waals surface area contributed by atoms with Crippen LogP contribution < -0.4 is 0 Å². The van der Waals surface area contributed by atoms with Gasteiger partial charge in [-0.1, -0.05) is 56.3 Å². The number of hydrogen-bond acceptors (Lipinski definition) is 4. The molecule has 4 aromatic rings. The molecule has 7 rings (SSSR count). The molecule has 0 radical (unpaired) electrons. The average molecular weight is 619 g/mol. The van der Waals surface area contributed by atoms with E-state index < -0.39 is 5.97 Å². The van der Waals surface area contributed by atoms with Gasteiger partial charge in [-0.2, -0.15) is 0 Å². The Kier molecular flexibility index (Phi) is 8.22. The van der Waals surface area contributed by atoms with E-state index in [0.29, 0.717) is 42.7 Å². The zero-order valence-electron chi connectivity index (χ0n) is 27.4. The van der Waals surface area contributed by atoms with E-state index in [4.69, 9.17) is 4.98 Å². The largest absolute Gasteiger partial charge is 0.478 e. The molecular weight excluding hydrogens is 572 g/mol. The molecule has 46 heavy (non-hydrogen) atoms. The Hall–Kier alpha value is -3.97. The predicted octanol–water partition coefficient (Wildman–Crippen LogP) is 7.60. The minimum atomic E-state index is -1.01. The maximum atomic E-state index is 13.5. The molecule has 2 atom stereocenters. The SMILES string of the molecule is Cc1nc2ccccc2n1C1CC2CCC(C1)N2CCC1(c2ccc(C(C)C)cc2)CCN(C(=O)c2cccc(C(=O)O)c2)CC1. The van der Waals surface area contributed by atoms with E-state index in [9.17, 15) is 14.7 Å². The van der Waals surface area contributed by atoms with E-state index in [1.807, 2.05) is 4.90 Å². The summed E-state index contributed by atoms with van der Waals surface area (Å²) in [6.45, 7) is 9.05. The van der Waals surface area contributed by atoms with Gasteiger partial charge in [-0.25, -0.2) is 9.78 Å². The molecule has 7 heteroatoms. The van der Waals surface area contributed by atoms with Crippen LogP contribution >= 0.6 is 0 Å². The maximum absolute atomic E-state index is 13.5. The van der Waals surface area contributed by atoms with Crippen LogP contribution in [0, 0.1) is 6.92 Å². The number of para-hydroxylation sites is 2. The molecule has 2 bridgehead atoms. The highest BCUT2D eigenvalue weighted by Gasteiger charge is 2.44. The molecule has 3 fully saturated rings. The third-order valence-electron chi connectivity index (χ3n) is 11.4. The lowest BCUT2D eigenvalue weighted by atomic mass is 9.70. The van der Waals surface area contributed by atoms with Gasteiger partial charge in [0.15, 0.2) is 0 Å². The Balaban J connectivity index is 1.08. The highest BCUT2D eigenvalue weighted by Crippen LogP contribution is 2.45. The number of aromatic nitrogens is 2. The van der Waals surface area contributed by atoms with E-state index in [1.165, 1.54) is 54.5 Å². The Morgan fingerprint density at radius 2 is 1.57 bits per heavy atom. The number of aryl methyl sites for hydroxylation is 1. The van der Waals surface area contributed by atoms with Crippen LogP contribution in [0.3, 0.4) is 0 Å². The fourth-order valence-corrected chi connectivity index (χ4v) is 8.80. The summed E-state index contributed by atoms with van der Waals surface area (Å²) in [5.41, 5.74) is 5.71. The number of fused-ring (bicyclic) bond motifs is 3. The lowest BCUT2D eigenvalue weighted by Gasteiger charge is -2.46. The van der Waals surface area contributed by atoms with Crippen molar-refractivity contribution < 1.29 is 14.7 Å². The van der Waals surface area contributed by atoms with Crippen molar-refractivity contribution in [3.05, 3.63) is 101 Å². The summed E-state index contributed by atoms with van der Waals surface area (Å²) in [5, 5.41) is 9.44. The normalized spacial score (nSPS) is 22.9. The van der Waals surface area contributed by atoms with Gasteiger partial charge in [0.05, 0.1) is 16.6 Å². The van der Waals surface area contributed by atoms with Gasteiger partial charge in [0.2, 0.25) is 0 Å². The minimum Gasteiger partial charge on any atom is -0.478 e. The van der Waals surface area contributed by atoms with Crippen LogP contribution in [0.15, 0.2) is 72.8 Å². The molecular formula is C39H46N4O3. The van der Waals surface area contributed by atoms with Crippen LogP contribution in [0.5, 0.6) is 0 Å². The number of benzene rings is 3. The molecule has 1 amide bonds. The third-order valence-corrected chi connectivity index (χ3v) is 11.4. The Morgan fingerprint density at radius 3 is 2.24 bits per heavy atom. The maximum Gasteiger partial charge on any atom is 0.335 e. The van der Waals surface area contributed by atoms with Gasteiger partial charge < -0.3 is 14.6 Å². The number of carboxylic acids is 1. The molecule has 0 spiro atoms. The summed E-state index contributed by atoms with van der Waals surface area (Å²) in [6, 6.07) is 25.9. The van der Waals surface area contributed by atoms with Crippen molar-refractivity contribution in [3.8, 4) is 0 Å². The molecule has 2 unspecified atom stereocenters. The quantitative estimate of drug-likeness (QED) is 0.220. The zero-order chi connectivity index (χ0) is 32.0. The van der Waals surface area contributed by atoms with E-state index in [-0.39, 0.29) is 16.9 Å². The van der Waals surface area contributed by atoms with Crippen molar-refractivity contribution in [3.63, 3.8) is 0 Å². The van der Waals surface area contributed by atoms with Gasteiger partial charge in [0.25, 0.3) is 5.91 Å². The molecule has 0 aliphatic carbocycles. The molecule has 1 aromatic heterocycles. The molecule has 1 N–H and O–H groups in total. The fourth-order valence-electron chi connectivity index (χ4n) is 8.80. The van der Waals surface area contributed by atoms with Crippen LogP contribution in [0.25, 0.3) is 11.0 Å². The smallest absolute Gasteiger partial charge is 0.335 e. The van der Waals surface area contributed by atoms with Crippen molar-refractivity contribution in [2.45, 2.75) is 95.2 Å². The summed E-state index contributed by atoms with van der Waals surface area (Å²) in [4.78, 5) is 34.6. The number of piperidine rings is 2. The molecule has 3 aliphatic rings. The lowest BCUT2D eigenvalue weighted by molar-refractivity contribution is 0.0607. The molecule has 3 saturated heterocycles. The van der Waals surface area contributed by atoms with Gasteiger partial charge in [-0.05, 0) is 111 Å². The number of likely N-dealkylation sites (tertiary alicyclic amines) is 1. The topological polar surface area (TPSA) is 78.7 Å². The first-order chi connectivity index (χ1) is 22.2. The molecule has 3 aliphatic heterocycles. The van der Waals surface area contributed by atoms with Gasteiger partial charge in [0.1, 0.15) is 5.82 Å². The van der Waals surface area contributed by atoms with Gasteiger partial charge in [-0.3, -0.25) is 9.69 Å². The Bertz CT molecular complexity index is 1720. The number of amides is 1. The van der Waals surface area contributed by atoms with E-state index in [0.717, 1.165) is 37.1 Å². The van der Waals surface area contributed by atoms with Crippen molar-refractivity contribution in [2.24, 2.45) is 0 Å². The van der Waals surface area contributed by atoms with E-state index in [1.54, 1.807) is 12.1 Å². The second-order valence-electron chi connectivity index (χ2n) is 14.3. The van der Waals surface area contributed by atoms with Crippen LogP contribution in [0.4, 0.5) is 0 Å². The second kappa shape index (κ2) is 12.3. The van der Waals surface area contributed by atoms with E-state index >= 15 is 0 Å². The number of nitrogens with zero attached hydrogens (tertiary/aromatic N) is 4. The number of aromatic carboxylic acids is 1. The first-order valence-electron chi connectivity index (χ1n) is 17.1. The number of carbonyl (C=O) groups excluding carboxylic acids is 1. The Labute approximate surface area is 272 Å². The molecule has 3 aromatic carbocycles.